The third kappa shape index (κ3) is 3.96. The van der Waals surface area contributed by atoms with E-state index >= 15 is 0 Å². The zero-order valence-electron chi connectivity index (χ0n) is 8.77. The van der Waals surface area contributed by atoms with Crippen molar-refractivity contribution in [3.63, 3.8) is 0 Å². The highest BCUT2D eigenvalue weighted by Gasteiger charge is 2.12. The van der Waals surface area contributed by atoms with Crippen LogP contribution < -0.4 is 5.32 Å². The summed E-state index contributed by atoms with van der Waals surface area (Å²) < 4.78 is 0.782. The smallest absolute Gasteiger partial charge is 0.251 e. The van der Waals surface area contributed by atoms with E-state index in [1.165, 1.54) is 0 Å². The van der Waals surface area contributed by atoms with E-state index in [-0.39, 0.29) is 11.9 Å². The molecule has 0 spiro atoms. The zero-order chi connectivity index (χ0) is 12.1. The van der Waals surface area contributed by atoms with Crippen LogP contribution in [0.3, 0.4) is 0 Å². The van der Waals surface area contributed by atoms with E-state index in [0.29, 0.717) is 16.5 Å². The van der Waals surface area contributed by atoms with E-state index in [4.69, 9.17) is 23.2 Å². The lowest BCUT2D eigenvalue weighted by atomic mass is 10.2. The molecule has 1 unspecified atom stereocenters. The number of hydrogen-bond acceptors (Lipinski definition) is 1. The molecule has 1 aromatic rings. The van der Waals surface area contributed by atoms with Gasteiger partial charge in [0.1, 0.15) is 0 Å². The predicted molar refractivity (Wildman–Crippen MR) is 71.4 cm³/mol. The summed E-state index contributed by atoms with van der Waals surface area (Å²) in [5.41, 5.74) is 0.531. The van der Waals surface area contributed by atoms with Gasteiger partial charge < -0.3 is 5.32 Å². The highest BCUT2D eigenvalue weighted by molar-refractivity contribution is 9.10. The van der Waals surface area contributed by atoms with Crippen LogP contribution in [0.5, 0.6) is 0 Å². The fourth-order valence-electron chi connectivity index (χ4n) is 1.20. The highest BCUT2D eigenvalue weighted by Crippen LogP contribution is 2.19. The molecule has 2 nitrogen and oxygen atoms in total. The van der Waals surface area contributed by atoms with Crippen molar-refractivity contribution < 1.29 is 4.79 Å². The van der Waals surface area contributed by atoms with Gasteiger partial charge in [-0.05, 0) is 24.6 Å². The van der Waals surface area contributed by atoms with Crippen LogP contribution in [-0.2, 0) is 0 Å². The van der Waals surface area contributed by atoms with Gasteiger partial charge in [-0.3, -0.25) is 4.79 Å². The topological polar surface area (TPSA) is 29.1 Å². The number of benzene rings is 1. The standard InChI is InChI=1S/C11H12BrCl2NO/c1-2-10(6-13)15-11(16)7-3-8(12)5-9(14)4-7/h3-5,10H,2,6H2,1H3,(H,15,16). The minimum absolute atomic E-state index is 0.00748. The SMILES string of the molecule is CCC(CCl)NC(=O)c1cc(Cl)cc(Br)c1. The molecule has 0 saturated carbocycles. The van der Waals surface area contributed by atoms with Gasteiger partial charge in [0.25, 0.3) is 5.91 Å². The van der Waals surface area contributed by atoms with Crippen LogP contribution >= 0.6 is 39.1 Å². The quantitative estimate of drug-likeness (QED) is 0.837. The Bertz CT molecular complexity index is 360. The van der Waals surface area contributed by atoms with E-state index in [1.54, 1.807) is 18.2 Å². The summed E-state index contributed by atoms with van der Waals surface area (Å²) in [6, 6.07) is 5.08. The van der Waals surface area contributed by atoms with Gasteiger partial charge in [-0.15, -0.1) is 11.6 Å². The molecule has 1 N–H and O–H groups in total. The van der Waals surface area contributed by atoms with Gasteiger partial charge in [0.2, 0.25) is 0 Å². The number of carbonyl (C=O) groups is 1. The lowest BCUT2D eigenvalue weighted by Crippen LogP contribution is -2.35. The van der Waals surface area contributed by atoms with Crippen LogP contribution in [-0.4, -0.2) is 17.8 Å². The molecule has 1 atom stereocenters. The van der Waals surface area contributed by atoms with Crippen LogP contribution in [0, 0.1) is 0 Å². The van der Waals surface area contributed by atoms with Crippen LogP contribution in [0.25, 0.3) is 0 Å². The van der Waals surface area contributed by atoms with Gasteiger partial charge in [-0.25, -0.2) is 0 Å². The Hall–Kier alpha value is -0.250. The maximum Gasteiger partial charge on any atom is 0.251 e. The number of carbonyl (C=O) groups excluding carboxylic acids is 1. The van der Waals surface area contributed by atoms with Crippen molar-refractivity contribution in [2.24, 2.45) is 0 Å². The monoisotopic (exact) mass is 323 g/mol. The summed E-state index contributed by atoms with van der Waals surface area (Å²) in [6.07, 6.45) is 0.803. The van der Waals surface area contributed by atoms with Crippen molar-refractivity contribution in [3.8, 4) is 0 Å². The van der Waals surface area contributed by atoms with E-state index in [2.05, 4.69) is 21.2 Å². The second-order valence-electron chi connectivity index (χ2n) is 3.39. The fraction of sp³-hybridized carbons (Fsp3) is 0.364. The van der Waals surface area contributed by atoms with Crippen LogP contribution in [0.2, 0.25) is 5.02 Å². The molecule has 0 radical (unpaired) electrons. The maximum absolute atomic E-state index is 11.8. The van der Waals surface area contributed by atoms with Gasteiger partial charge in [-0.1, -0.05) is 34.5 Å². The molecule has 0 aliphatic carbocycles. The molecule has 1 rings (SSSR count). The minimum atomic E-state index is -0.157. The van der Waals surface area contributed by atoms with Gasteiger partial charge in [0, 0.05) is 27.0 Å². The number of alkyl halides is 1. The van der Waals surface area contributed by atoms with Crippen molar-refractivity contribution in [1.82, 2.24) is 5.32 Å². The van der Waals surface area contributed by atoms with Crippen molar-refractivity contribution in [1.29, 1.82) is 0 Å². The number of hydrogen-bond donors (Lipinski definition) is 1. The lowest BCUT2D eigenvalue weighted by Gasteiger charge is -2.13. The second kappa shape index (κ2) is 6.48. The van der Waals surface area contributed by atoms with Crippen molar-refractivity contribution in [2.75, 3.05) is 5.88 Å². The number of halogens is 3. The van der Waals surface area contributed by atoms with Crippen LogP contribution in [0.15, 0.2) is 22.7 Å². The third-order valence-corrected chi connectivity index (χ3v) is 3.19. The van der Waals surface area contributed by atoms with Crippen molar-refractivity contribution >= 4 is 45.0 Å². The van der Waals surface area contributed by atoms with E-state index in [9.17, 15) is 4.79 Å². The highest BCUT2D eigenvalue weighted by atomic mass is 79.9. The average molecular weight is 325 g/mol. The van der Waals surface area contributed by atoms with Gasteiger partial charge in [-0.2, -0.15) is 0 Å². The molecular weight excluding hydrogens is 313 g/mol. The van der Waals surface area contributed by atoms with E-state index in [0.717, 1.165) is 10.9 Å². The fourth-order valence-corrected chi connectivity index (χ4v) is 2.36. The Morgan fingerprint density at radius 3 is 2.69 bits per heavy atom. The summed E-state index contributed by atoms with van der Waals surface area (Å²) in [7, 11) is 0. The molecule has 0 saturated heterocycles. The third-order valence-electron chi connectivity index (χ3n) is 2.14. The van der Waals surface area contributed by atoms with Gasteiger partial charge in [0.05, 0.1) is 0 Å². The lowest BCUT2D eigenvalue weighted by molar-refractivity contribution is 0.0939. The molecule has 0 fully saturated rings. The largest absolute Gasteiger partial charge is 0.348 e. The zero-order valence-corrected chi connectivity index (χ0v) is 11.9. The Labute approximate surface area is 113 Å². The number of rotatable bonds is 4. The Morgan fingerprint density at radius 1 is 1.50 bits per heavy atom. The minimum Gasteiger partial charge on any atom is -0.348 e. The van der Waals surface area contributed by atoms with E-state index < -0.39 is 0 Å². The Balaban J connectivity index is 2.80. The number of amides is 1. The summed E-state index contributed by atoms with van der Waals surface area (Å²) in [5.74, 6) is 0.250. The summed E-state index contributed by atoms with van der Waals surface area (Å²) in [5, 5.41) is 3.36. The van der Waals surface area contributed by atoms with Gasteiger partial charge in [0.15, 0.2) is 0 Å². The molecule has 0 aliphatic rings. The van der Waals surface area contributed by atoms with Crippen molar-refractivity contribution in [2.45, 2.75) is 19.4 Å². The first-order valence-corrected chi connectivity index (χ1v) is 6.60. The predicted octanol–water partition coefficient (Wildman–Crippen LogP) is 3.85. The summed E-state index contributed by atoms with van der Waals surface area (Å²) in [6.45, 7) is 1.97. The summed E-state index contributed by atoms with van der Waals surface area (Å²) >= 11 is 14.9. The normalized spacial score (nSPS) is 12.2. The Kier molecular flexibility index (Phi) is 5.59. The second-order valence-corrected chi connectivity index (χ2v) is 5.05. The average Bonchev–Trinajstić information content (AvgIpc) is 2.24. The molecular formula is C11H12BrCl2NO. The first-order valence-electron chi connectivity index (χ1n) is 4.89. The van der Waals surface area contributed by atoms with Crippen LogP contribution in [0.1, 0.15) is 23.7 Å². The molecule has 5 heteroatoms. The molecule has 1 aromatic carbocycles. The molecule has 16 heavy (non-hydrogen) atoms. The van der Waals surface area contributed by atoms with Crippen molar-refractivity contribution in [3.05, 3.63) is 33.3 Å². The first-order chi connectivity index (χ1) is 7.56. The molecule has 0 aliphatic heterocycles. The summed E-state index contributed by atoms with van der Waals surface area (Å²) in [4.78, 5) is 11.8. The molecule has 88 valence electrons. The van der Waals surface area contributed by atoms with Gasteiger partial charge >= 0.3 is 0 Å². The Morgan fingerprint density at radius 2 is 2.19 bits per heavy atom. The molecule has 1 amide bonds. The number of nitrogens with one attached hydrogen (secondary N) is 1. The van der Waals surface area contributed by atoms with E-state index in [1.807, 2.05) is 6.92 Å². The first kappa shape index (κ1) is 13.8. The van der Waals surface area contributed by atoms with Crippen LogP contribution in [0.4, 0.5) is 0 Å². The molecule has 0 aromatic heterocycles. The molecule has 0 bridgehead atoms. The maximum atomic E-state index is 11.8. The molecule has 0 heterocycles.